The molecular weight excluding hydrogens is 274 g/mol. The molecule has 3 rings (SSSR count). The van der Waals surface area contributed by atoms with E-state index in [-0.39, 0.29) is 11.9 Å². The lowest BCUT2D eigenvalue weighted by Gasteiger charge is -2.37. The second-order valence-electron chi connectivity index (χ2n) is 5.57. The monoisotopic (exact) mass is 295 g/mol. The summed E-state index contributed by atoms with van der Waals surface area (Å²) >= 11 is 0. The van der Waals surface area contributed by atoms with Crippen molar-refractivity contribution < 1.29 is 9.53 Å². The van der Waals surface area contributed by atoms with E-state index in [2.05, 4.69) is 36.4 Å². The summed E-state index contributed by atoms with van der Waals surface area (Å²) in [5, 5.41) is 0. The molecule has 0 radical (unpaired) electrons. The molecule has 3 nitrogen and oxygen atoms in total. The van der Waals surface area contributed by atoms with Crippen LogP contribution in [0.25, 0.3) is 0 Å². The first kappa shape index (κ1) is 14.6. The van der Waals surface area contributed by atoms with Crippen molar-refractivity contribution in [3.8, 4) is 5.75 Å². The van der Waals surface area contributed by atoms with E-state index in [1.165, 1.54) is 11.1 Å². The SMILES string of the molecule is CCC(=O)N1CCc2ccccc2C1c1ccc(OC)cc1. The fourth-order valence-corrected chi connectivity index (χ4v) is 3.18. The molecule has 3 heteroatoms. The minimum Gasteiger partial charge on any atom is -0.497 e. The van der Waals surface area contributed by atoms with E-state index < -0.39 is 0 Å². The number of fused-ring (bicyclic) bond motifs is 1. The van der Waals surface area contributed by atoms with Gasteiger partial charge in [-0.1, -0.05) is 43.3 Å². The van der Waals surface area contributed by atoms with E-state index in [1.807, 2.05) is 24.0 Å². The van der Waals surface area contributed by atoms with Crippen molar-refractivity contribution in [1.29, 1.82) is 0 Å². The number of hydrogen-bond donors (Lipinski definition) is 0. The summed E-state index contributed by atoms with van der Waals surface area (Å²) in [4.78, 5) is 14.4. The maximum atomic E-state index is 12.4. The van der Waals surface area contributed by atoms with E-state index in [0.717, 1.165) is 24.3 Å². The van der Waals surface area contributed by atoms with Crippen molar-refractivity contribution in [2.75, 3.05) is 13.7 Å². The standard InChI is InChI=1S/C19H21NO2/c1-3-18(21)20-13-12-14-6-4-5-7-17(14)19(20)15-8-10-16(22-2)11-9-15/h4-11,19H,3,12-13H2,1-2H3. The van der Waals surface area contributed by atoms with Crippen LogP contribution in [0.2, 0.25) is 0 Å². The number of carbonyl (C=O) groups is 1. The highest BCUT2D eigenvalue weighted by Gasteiger charge is 2.30. The van der Waals surface area contributed by atoms with Crippen LogP contribution in [0.1, 0.15) is 36.1 Å². The van der Waals surface area contributed by atoms with Gasteiger partial charge in [-0.05, 0) is 35.2 Å². The zero-order valence-electron chi connectivity index (χ0n) is 13.1. The van der Waals surface area contributed by atoms with Crippen LogP contribution in [0, 0.1) is 0 Å². The first-order chi connectivity index (χ1) is 10.7. The second-order valence-corrected chi connectivity index (χ2v) is 5.57. The molecule has 1 aliphatic rings. The Morgan fingerprint density at radius 1 is 1.18 bits per heavy atom. The summed E-state index contributed by atoms with van der Waals surface area (Å²) in [7, 11) is 1.66. The van der Waals surface area contributed by atoms with Gasteiger partial charge in [0.25, 0.3) is 0 Å². The molecule has 1 heterocycles. The first-order valence-corrected chi connectivity index (χ1v) is 7.75. The van der Waals surface area contributed by atoms with E-state index >= 15 is 0 Å². The van der Waals surface area contributed by atoms with Crippen LogP contribution in [-0.2, 0) is 11.2 Å². The van der Waals surface area contributed by atoms with Gasteiger partial charge in [-0.15, -0.1) is 0 Å². The number of amides is 1. The van der Waals surface area contributed by atoms with Gasteiger partial charge in [0, 0.05) is 13.0 Å². The zero-order chi connectivity index (χ0) is 15.5. The molecule has 1 atom stereocenters. The molecule has 114 valence electrons. The van der Waals surface area contributed by atoms with Crippen molar-refractivity contribution in [2.24, 2.45) is 0 Å². The van der Waals surface area contributed by atoms with Crippen molar-refractivity contribution in [3.05, 3.63) is 65.2 Å². The molecule has 2 aromatic carbocycles. The Hall–Kier alpha value is -2.29. The second kappa shape index (κ2) is 6.22. The molecule has 1 unspecified atom stereocenters. The summed E-state index contributed by atoms with van der Waals surface area (Å²) < 4.78 is 5.24. The smallest absolute Gasteiger partial charge is 0.223 e. The van der Waals surface area contributed by atoms with Crippen LogP contribution in [0.5, 0.6) is 5.75 Å². The van der Waals surface area contributed by atoms with Crippen molar-refractivity contribution >= 4 is 5.91 Å². The van der Waals surface area contributed by atoms with Crippen molar-refractivity contribution in [3.63, 3.8) is 0 Å². The number of methoxy groups -OCH3 is 1. The Bertz CT molecular complexity index is 663. The van der Waals surface area contributed by atoms with Crippen LogP contribution in [-0.4, -0.2) is 24.5 Å². The van der Waals surface area contributed by atoms with Gasteiger partial charge in [-0.2, -0.15) is 0 Å². The summed E-state index contributed by atoms with van der Waals surface area (Å²) in [6.07, 6.45) is 1.46. The van der Waals surface area contributed by atoms with Crippen LogP contribution < -0.4 is 4.74 Å². The van der Waals surface area contributed by atoms with Gasteiger partial charge in [-0.3, -0.25) is 4.79 Å². The third-order valence-electron chi connectivity index (χ3n) is 4.34. The van der Waals surface area contributed by atoms with Crippen molar-refractivity contribution in [2.45, 2.75) is 25.8 Å². The molecule has 1 aliphatic heterocycles. The van der Waals surface area contributed by atoms with Gasteiger partial charge < -0.3 is 9.64 Å². The minimum absolute atomic E-state index is 0.00306. The normalized spacial score (nSPS) is 17.0. The number of ether oxygens (including phenoxy) is 1. The van der Waals surface area contributed by atoms with E-state index in [1.54, 1.807) is 7.11 Å². The fraction of sp³-hybridized carbons (Fsp3) is 0.316. The average molecular weight is 295 g/mol. The van der Waals surface area contributed by atoms with E-state index in [0.29, 0.717) is 6.42 Å². The van der Waals surface area contributed by atoms with Crippen LogP contribution in [0.15, 0.2) is 48.5 Å². The molecule has 0 N–H and O–H groups in total. The summed E-state index contributed by atoms with van der Waals surface area (Å²) in [5.74, 6) is 1.04. The maximum Gasteiger partial charge on any atom is 0.223 e. The molecule has 0 fully saturated rings. The Labute approximate surface area is 131 Å². The molecule has 0 saturated heterocycles. The molecule has 22 heavy (non-hydrogen) atoms. The third kappa shape index (κ3) is 2.59. The van der Waals surface area contributed by atoms with Gasteiger partial charge in [-0.25, -0.2) is 0 Å². The number of benzene rings is 2. The quantitative estimate of drug-likeness (QED) is 0.866. The van der Waals surface area contributed by atoms with Crippen molar-refractivity contribution in [1.82, 2.24) is 4.90 Å². The molecule has 0 spiro atoms. The number of carbonyl (C=O) groups excluding carboxylic acids is 1. The highest BCUT2D eigenvalue weighted by atomic mass is 16.5. The largest absolute Gasteiger partial charge is 0.497 e. The topological polar surface area (TPSA) is 29.5 Å². The Morgan fingerprint density at radius 3 is 2.59 bits per heavy atom. The number of nitrogens with zero attached hydrogens (tertiary/aromatic N) is 1. The fourth-order valence-electron chi connectivity index (χ4n) is 3.18. The molecule has 0 aliphatic carbocycles. The molecule has 0 saturated carbocycles. The highest BCUT2D eigenvalue weighted by molar-refractivity contribution is 5.77. The Morgan fingerprint density at radius 2 is 1.91 bits per heavy atom. The number of rotatable bonds is 3. The van der Waals surface area contributed by atoms with Gasteiger partial charge in [0.1, 0.15) is 5.75 Å². The number of hydrogen-bond acceptors (Lipinski definition) is 2. The molecule has 0 aromatic heterocycles. The van der Waals surface area contributed by atoms with Crippen LogP contribution >= 0.6 is 0 Å². The lowest BCUT2D eigenvalue weighted by molar-refractivity contribution is -0.132. The zero-order valence-corrected chi connectivity index (χ0v) is 13.1. The van der Waals surface area contributed by atoms with Crippen LogP contribution in [0.4, 0.5) is 0 Å². The maximum absolute atomic E-state index is 12.4. The Kier molecular flexibility index (Phi) is 4.14. The molecule has 1 amide bonds. The van der Waals surface area contributed by atoms with Crippen LogP contribution in [0.3, 0.4) is 0 Å². The Balaban J connectivity index is 2.06. The van der Waals surface area contributed by atoms with Gasteiger partial charge >= 0.3 is 0 Å². The third-order valence-corrected chi connectivity index (χ3v) is 4.34. The lowest BCUT2D eigenvalue weighted by atomic mass is 9.88. The first-order valence-electron chi connectivity index (χ1n) is 7.75. The molecule has 0 bridgehead atoms. The van der Waals surface area contributed by atoms with Gasteiger partial charge in [0.15, 0.2) is 0 Å². The molecule has 2 aromatic rings. The minimum atomic E-state index is 0.00306. The highest BCUT2D eigenvalue weighted by Crippen LogP contribution is 2.36. The van der Waals surface area contributed by atoms with E-state index in [9.17, 15) is 4.79 Å². The van der Waals surface area contributed by atoms with E-state index in [4.69, 9.17) is 4.74 Å². The predicted octanol–water partition coefficient (Wildman–Crippen LogP) is 3.58. The average Bonchev–Trinajstić information content (AvgIpc) is 2.60. The van der Waals surface area contributed by atoms with Gasteiger partial charge in [0.2, 0.25) is 5.91 Å². The lowest BCUT2D eigenvalue weighted by Crippen LogP contribution is -2.40. The predicted molar refractivity (Wildman–Crippen MR) is 87.0 cm³/mol. The van der Waals surface area contributed by atoms with Gasteiger partial charge in [0.05, 0.1) is 13.2 Å². The summed E-state index contributed by atoms with van der Waals surface area (Å²) in [6.45, 7) is 2.70. The summed E-state index contributed by atoms with van der Waals surface area (Å²) in [6, 6.07) is 16.5. The summed E-state index contributed by atoms with van der Waals surface area (Å²) in [5.41, 5.74) is 3.71. The molecular formula is C19H21NO2.